The molecule has 0 fully saturated rings. The zero-order valence-electron chi connectivity index (χ0n) is 10.9. The van der Waals surface area contributed by atoms with Crippen molar-refractivity contribution in [1.82, 2.24) is 9.97 Å². The Morgan fingerprint density at radius 2 is 2.05 bits per heavy atom. The van der Waals surface area contributed by atoms with E-state index < -0.39 is 6.10 Å². The summed E-state index contributed by atoms with van der Waals surface area (Å²) >= 11 is 0. The van der Waals surface area contributed by atoms with Crippen LogP contribution in [-0.2, 0) is 12.8 Å². The topological polar surface area (TPSA) is 58.0 Å². The quantitative estimate of drug-likeness (QED) is 0.885. The lowest BCUT2D eigenvalue weighted by atomic mass is 10.1. The number of hydrogen-bond acceptors (Lipinski definition) is 4. The number of hydrogen-bond donors (Lipinski definition) is 2. The van der Waals surface area contributed by atoms with Gasteiger partial charge in [0.15, 0.2) is 0 Å². The minimum Gasteiger partial charge on any atom is -0.388 e. The van der Waals surface area contributed by atoms with Crippen LogP contribution >= 0.6 is 0 Å². The van der Waals surface area contributed by atoms with E-state index in [-0.39, 0.29) is 0 Å². The standard InChI is InChI=1S/C15H17N3O/c1-2-10-3-5-11(6-4-10)18-15-14-12(16-9-17-15)7-8-13(14)19/h3-6,9,13,19H,2,7-8H2,1H3,(H,16,17,18). The van der Waals surface area contributed by atoms with Crippen molar-refractivity contribution in [2.75, 3.05) is 5.32 Å². The second-order valence-corrected chi connectivity index (χ2v) is 4.81. The first kappa shape index (κ1) is 12.1. The molecule has 1 aliphatic carbocycles. The molecule has 1 aromatic carbocycles. The number of nitrogens with zero attached hydrogens (tertiary/aromatic N) is 2. The average Bonchev–Trinajstić information content (AvgIpc) is 2.83. The molecule has 1 aliphatic rings. The van der Waals surface area contributed by atoms with Gasteiger partial charge in [0.2, 0.25) is 0 Å². The first-order valence-electron chi connectivity index (χ1n) is 6.65. The zero-order chi connectivity index (χ0) is 13.2. The van der Waals surface area contributed by atoms with Crippen LogP contribution in [-0.4, -0.2) is 15.1 Å². The van der Waals surface area contributed by atoms with Gasteiger partial charge in [-0.1, -0.05) is 19.1 Å². The highest BCUT2D eigenvalue weighted by Crippen LogP contribution is 2.34. The number of nitrogens with one attached hydrogen (secondary N) is 1. The molecule has 19 heavy (non-hydrogen) atoms. The molecule has 0 bridgehead atoms. The summed E-state index contributed by atoms with van der Waals surface area (Å²) < 4.78 is 0. The van der Waals surface area contributed by atoms with E-state index in [2.05, 4.69) is 34.3 Å². The van der Waals surface area contributed by atoms with Crippen molar-refractivity contribution in [2.24, 2.45) is 0 Å². The largest absolute Gasteiger partial charge is 0.388 e. The summed E-state index contributed by atoms with van der Waals surface area (Å²) in [7, 11) is 0. The third-order valence-corrected chi connectivity index (χ3v) is 3.58. The Hall–Kier alpha value is -1.94. The highest BCUT2D eigenvalue weighted by Gasteiger charge is 2.25. The van der Waals surface area contributed by atoms with Crippen molar-refractivity contribution in [1.29, 1.82) is 0 Å². The Bertz CT molecular complexity index is 580. The van der Waals surface area contributed by atoms with Crippen LogP contribution < -0.4 is 5.32 Å². The summed E-state index contributed by atoms with van der Waals surface area (Å²) in [4.78, 5) is 8.48. The molecule has 1 unspecified atom stereocenters. The fraction of sp³-hybridized carbons (Fsp3) is 0.333. The van der Waals surface area contributed by atoms with Gasteiger partial charge in [0, 0.05) is 11.3 Å². The Morgan fingerprint density at radius 3 is 2.79 bits per heavy atom. The molecule has 2 N–H and O–H groups in total. The van der Waals surface area contributed by atoms with E-state index in [0.717, 1.165) is 42.0 Å². The maximum Gasteiger partial charge on any atom is 0.139 e. The van der Waals surface area contributed by atoms with Gasteiger partial charge in [-0.2, -0.15) is 0 Å². The molecule has 4 nitrogen and oxygen atoms in total. The van der Waals surface area contributed by atoms with Gasteiger partial charge in [-0.3, -0.25) is 0 Å². The number of aliphatic hydroxyl groups is 1. The van der Waals surface area contributed by atoms with Gasteiger partial charge >= 0.3 is 0 Å². The number of aliphatic hydroxyl groups excluding tert-OH is 1. The lowest BCUT2D eigenvalue weighted by Crippen LogP contribution is -2.03. The van der Waals surface area contributed by atoms with Crippen LogP contribution in [0.15, 0.2) is 30.6 Å². The fourth-order valence-corrected chi connectivity index (χ4v) is 2.46. The highest BCUT2D eigenvalue weighted by atomic mass is 16.3. The lowest BCUT2D eigenvalue weighted by Gasteiger charge is -2.12. The van der Waals surface area contributed by atoms with Crippen LogP contribution in [0.25, 0.3) is 0 Å². The molecule has 0 spiro atoms. The van der Waals surface area contributed by atoms with Crippen LogP contribution in [0.5, 0.6) is 0 Å². The van der Waals surface area contributed by atoms with Gasteiger partial charge in [-0.15, -0.1) is 0 Å². The molecule has 0 amide bonds. The molecule has 2 aromatic rings. The van der Waals surface area contributed by atoms with Crippen molar-refractivity contribution in [3.8, 4) is 0 Å². The normalized spacial score (nSPS) is 17.3. The molecule has 4 heteroatoms. The van der Waals surface area contributed by atoms with Crippen LogP contribution in [0, 0.1) is 0 Å². The van der Waals surface area contributed by atoms with Gasteiger partial charge in [-0.25, -0.2) is 9.97 Å². The average molecular weight is 255 g/mol. The van der Waals surface area contributed by atoms with Crippen LogP contribution in [0.4, 0.5) is 11.5 Å². The van der Waals surface area contributed by atoms with Crippen molar-refractivity contribution >= 4 is 11.5 Å². The van der Waals surface area contributed by atoms with Gasteiger partial charge in [0.05, 0.1) is 11.8 Å². The molecule has 0 aliphatic heterocycles. The molecule has 0 saturated heterocycles. The number of rotatable bonds is 3. The lowest BCUT2D eigenvalue weighted by molar-refractivity contribution is 0.180. The molecular formula is C15H17N3O. The third kappa shape index (κ3) is 2.31. The Balaban J connectivity index is 1.89. The molecular weight excluding hydrogens is 238 g/mol. The molecule has 1 aromatic heterocycles. The van der Waals surface area contributed by atoms with Crippen molar-refractivity contribution in [2.45, 2.75) is 32.3 Å². The van der Waals surface area contributed by atoms with Crippen molar-refractivity contribution in [3.63, 3.8) is 0 Å². The molecule has 3 rings (SSSR count). The van der Waals surface area contributed by atoms with Crippen LogP contribution in [0.1, 0.15) is 36.3 Å². The molecule has 1 heterocycles. The number of anilines is 2. The minimum atomic E-state index is -0.450. The van der Waals surface area contributed by atoms with Gasteiger partial charge < -0.3 is 10.4 Å². The predicted octanol–water partition coefficient (Wildman–Crippen LogP) is 2.76. The van der Waals surface area contributed by atoms with E-state index in [0.29, 0.717) is 0 Å². The van der Waals surface area contributed by atoms with Crippen LogP contribution in [0.2, 0.25) is 0 Å². The van der Waals surface area contributed by atoms with E-state index in [1.54, 1.807) is 6.33 Å². The summed E-state index contributed by atoms with van der Waals surface area (Å²) in [6.07, 6.45) is 3.69. The molecule has 0 radical (unpaired) electrons. The number of aromatic nitrogens is 2. The maximum absolute atomic E-state index is 10.0. The molecule has 1 atom stereocenters. The number of benzene rings is 1. The Labute approximate surface area is 112 Å². The zero-order valence-corrected chi connectivity index (χ0v) is 10.9. The SMILES string of the molecule is CCc1ccc(Nc2ncnc3c2C(O)CC3)cc1. The van der Waals surface area contributed by atoms with E-state index >= 15 is 0 Å². The van der Waals surface area contributed by atoms with Crippen molar-refractivity contribution in [3.05, 3.63) is 47.4 Å². The minimum absolute atomic E-state index is 0.450. The molecule has 98 valence electrons. The predicted molar refractivity (Wildman–Crippen MR) is 74.4 cm³/mol. The summed E-state index contributed by atoms with van der Waals surface area (Å²) in [5, 5.41) is 13.3. The third-order valence-electron chi connectivity index (χ3n) is 3.58. The molecule has 0 saturated carbocycles. The monoisotopic (exact) mass is 255 g/mol. The fourth-order valence-electron chi connectivity index (χ4n) is 2.46. The number of fused-ring (bicyclic) bond motifs is 1. The first-order valence-corrected chi connectivity index (χ1v) is 6.65. The second kappa shape index (κ2) is 4.97. The summed E-state index contributed by atoms with van der Waals surface area (Å²) in [5.74, 6) is 0.722. The summed E-state index contributed by atoms with van der Waals surface area (Å²) in [6.45, 7) is 2.14. The Morgan fingerprint density at radius 1 is 1.26 bits per heavy atom. The smallest absolute Gasteiger partial charge is 0.139 e. The number of aryl methyl sites for hydroxylation is 2. The summed E-state index contributed by atoms with van der Waals surface area (Å²) in [6, 6.07) is 8.27. The van der Waals surface area contributed by atoms with E-state index in [1.165, 1.54) is 5.56 Å². The second-order valence-electron chi connectivity index (χ2n) is 4.81. The Kier molecular flexibility index (Phi) is 3.17. The highest BCUT2D eigenvalue weighted by molar-refractivity contribution is 5.61. The van der Waals surface area contributed by atoms with E-state index in [1.807, 2.05) is 12.1 Å². The van der Waals surface area contributed by atoms with Crippen LogP contribution in [0.3, 0.4) is 0 Å². The summed E-state index contributed by atoms with van der Waals surface area (Å²) in [5.41, 5.74) is 4.09. The van der Waals surface area contributed by atoms with Gasteiger partial charge in [0.1, 0.15) is 12.1 Å². The van der Waals surface area contributed by atoms with E-state index in [9.17, 15) is 5.11 Å². The maximum atomic E-state index is 10.0. The van der Waals surface area contributed by atoms with Gasteiger partial charge in [0.25, 0.3) is 0 Å². The van der Waals surface area contributed by atoms with Gasteiger partial charge in [-0.05, 0) is 37.0 Å². The van der Waals surface area contributed by atoms with Crippen molar-refractivity contribution < 1.29 is 5.11 Å². The van der Waals surface area contributed by atoms with E-state index in [4.69, 9.17) is 0 Å². The first-order chi connectivity index (χ1) is 9.28.